The summed E-state index contributed by atoms with van der Waals surface area (Å²) < 4.78 is 5.53. The molecule has 3 nitrogen and oxygen atoms in total. The Morgan fingerprint density at radius 3 is 1.73 bits per heavy atom. The van der Waals surface area contributed by atoms with Crippen LogP contribution in [-0.2, 0) is 11.8 Å². The number of para-hydroxylation sites is 1. The van der Waals surface area contributed by atoms with Crippen molar-refractivity contribution in [2.24, 2.45) is 0 Å². The molecule has 5 heteroatoms. The Morgan fingerprint density at radius 1 is 0.569 bits per heavy atom. The third-order valence-corrected chi connectivity index (χ3v) is 12.7. The number of fused-ring (bicyclic) bond motifs is 4. The Kier molecular flexibility index (Phi) is 7.98. The molecule has 0 fully saturated rings. The van der Waals surface area contributed by atoms with Crippen molar-refractivity contribution < 1.29 is 4.74 Å². The van der Waals surface area contributed by atoms with Gasteiger partial charge in [-0.3, -0.25) is 0 Å². The summed E-state index contributed by atoms with van der Waals surface area (Å²) in [5, 5.41) is 2.35. The molecule has 1 aliphatic heterocycles. The van der Waals surface area contributed by atoms with Gasteiger partial charge in [-0.25, -0.2) is 0 Å². The van der Waals surface area contributed by atoms with Gasteiger partial charge >= 0.3 is 0 Å². The molecule has 2 aliphatic rings. The molecule has 0 bridgehead atoms. The van der Waals surface area contributed by atoms with E-state index >= 15 is 0 Å². The molecule has 1 aromatic heterocycles. The molecule has 6 aromatic carbocycles. The Hall–Kier alpha value is -5.23. The predicted molar refractivity (Wildman–Crippen MR) is 218 cm³/mol. The molecule has 0 amide bonds. The number of benzene rings is 6. The van der Waals surface area contributed by atoms with Gasteiger partial charge in [-0.15, -0.1) is 23.1 Å². The van der Waals surface area contributed by atoms with E-state index in [-0.39, 0.29) is 5.41 Å². The fourth-order valence-electron chi connectivity index (χ4n) is 7.71. The van der Waals surface area contributed by atoms with Crippen LogP contribution in [0.15, 0.2) is 156 Å². The average Bonchev–Trinajstić information content (AvgIpc) is 3.87. The molecule has 0 saturated heterocycles. The van der Waals surface area contributed by atoms with Gasteiger partial charge in [0.05, 0.1) is 12.8 Å². The van der Waals surface area contributed by atoms with Gasteiger partial charge in [0.1, 0.15) is 5.75 Å². The van der Waals surface area contributed by atoms with Crippen LogP contribution in [0.3, 0.4) is 0 Å². The number of aryl methyl sites for hydroxylation is 1. The molecular formula is C46H38N2OS2. The van der Waals surface area contributed by atoms with Crippen LogP contribution in [0, 0.1) is 0 Å². The van der Waals surface area contributed by atoms with Crippen molar-refractivity contribution in [3.63, 3.8) is 0 Å². The number of methoxy groups -OCH3 is 1. The number of rotatable bonds is 8. The highest BCUT2D eigenvalue weighted by atomic mass is 32.2. The standard InChI is InChI=1S/C46H38N2OS2/c1-46(2)41-28-36(47(35-18-22-38(49-3)23-19-35)34-16-14-32(15-17-34)31-10-6-4-7-11-31)20-24-39(41)40-25-21-37(29-42(40)46)48(33-12-8-5-9-13-33)43-30-51-44-26-27-50-45(43)44/h4-25,28-30H,26-27H2,1-3H3. The first-order valence-electron chi connectivity index (χ1n) is 17.5. The molecule has 51 heavy (non-hydrogen) atoms. The van der Waals surface area contributed by atoms with Crippen molar-refractivity contribution in [3.8, 4) is 28.0 Å². The summed E-state index contributed by atoms with van der Waals surface area (Å²) in [6, 6.07) is 52.7. The molecule has 1 aliphatic carbocycles. The Balaban J connectivity index is 1.13. The zero-order chi connectivity index (χ0) is 34.5. The zero-order valence-electron chi connectivity index (χ0n) is 29.0. The lowest BCUT2D eigenvalue weighted by atomic mass is 9.82. The second kappa shape index (κ2) is 12.8. The van der Waals surface area contributed by atoms with E-state index in [1.165, 1.54) is 60.2 Å². The van der Waals surface area contributed by atoms with Crippen molar-refractivity contribution in [1.29, 1.82) is 0 Å². The van der Waals surface area contributed by atoms with Crippen molar-refractivity contribution in [2.75, 3.05) is 22.7 Å². The molecule has 0 N–H and O–H groups in total. The quantitative estimate of drug-likeness (QED) is 0.157. The predicted octanol–water partition coefficient (Wildman–Crippen LogP) is 13.3. The Morgan fingerprint density at radius 2 is 1.10 bits per heavy atom. The largest absolute Gasteiger partial charge is 0.497 e. The van der Waals surface area contributed by atoms with Crippen LogP contribution < -0.4 is 14.5 Å². The van der Waals surface area contributed by atoms with E-state index in [9.17, 15) is 0 Å². The van der Waals surface area contributed by atoms with Gasteiger partial charge in [0, 0.05) is 54.8 Å². The number of hydrogen-bond donors (Lipinski definition) is 0. The van der Waals surface area contributed by atoms with Crippen molar-refractivity contribution in [3.05, 3.63) is 167 Å². The summed E-state index contributed by atoms with van der Waals surface area (Å²) in [4.78, 5) is 7.76. The summed E-state index contributed by atoms with van der Waals surface area (Å²) in [5.41, 5.74) is 14.5. The topological polar surface area (TPSA) is 15.7 Å². The minimum Gasteiger partial charge on any atom is -0.497 e. The summed E-state index contributed by atoms with van der Waals surface area (Å²) in [7, 11) is 1.71. The van der Waals surface area contributed by atoms with Gasteiger partial charge in [-0.2, -0.15) is 0 Å². The minimum atomic E-state index is -0.201. The van der Waals surface area contributed by atoms with Crippen LogP contribution in [0.1, 0.15) is 29.9 Å². The number of thioether (sulfide) groups is 1. The smallest absolute Gasteiger partial charge is 0.119 e. The lowest BCUT2D eigenvalue weighted by Crippen LogP contribution is -2.17. The summed E-state index contributed by atoms with van der Waals surface area (Å²) in [6.07, 6.45) is 1.16. The second-order valence-corrected chi connectivity index (χ2v) is 15.7. The normalized spacial score (nSPS) is 13.7. The van der Waals surface area contributed by atoms with Crippen LogP contribution in [0.5, 0.6) is 5.75 Å². The summed E-state index contributed by atoms with van der Waals surface area (Å²) in [6.45, 7) is 4.76. The molecule has 2 heterocycles. The van der Waals surface area contributed by atoms with Gasteiger partial charge in [0.15, 0.2) is 0 Å². The number of nitrogens with zero attached hydrogens (tertiary/aromatic N) is 2. The molecule has 0 saturated carbocycles. The fraction of sp³-hybridized carbons (Fsp3) is 0.130. The van der Waals surface area contributed by atoms with Crippen LogP contribution >= 0.6 is 23.1 Å². The van der Waals surface area contributed by atoms with Gasteiger partial charge in [0.25, 0.3) is 0 Å². The SMILES string of the molecule is COc1ccc(N(c2ccc(-c3ccccc3)cc2)c2ccc3c(c2)C(C)(C)c2cc(N(c4ccccc4)c4csc5c4SCC5)ccc2-3)cc1. The van der Waals surface area contributed by atoms with Crippen LogP contribution in [0.4, 0.5) is 34.1 Å². The number of hydrogen-bond acceptors (Lipinski definition) is 5. The lowest BCUT2D eigenvalue weighted by molar-refractivity contribution is 0.415. The highest BCUT2D eigenvalue weighted by Crippen LogP contribution is 2.54. The molecule has 7 aromatic rings. The third kappa shape index (κ3) is 5.52. The van der Waals surface area contributed by atoms with Gasteiger partial charge in [0.2, 0.25) is 0 Å². The van der Waals surface area contributed by atoms with Crippen LogP contribution in [-0.4, -0.2) is 12.9 Å². The Bertz CT molecular complexity index is 2350. The molecule has 0 atom stereocenters. The van der Waals surface area contributed by atoms with E-state index < -0.39 is 0 Å². The maximum absolute atomic E-state index is 5.53. The van der Waals surface area contributed by atoms with E-state index in [1.807, 2.05) is 35.2 Å². The maximum Gasteiger partial charge on any atom is 0.119 e. The van der Waals surface area contributed by atoms with E-state index in [0.29, 0.717) is 0 Å². The maximum atomic E-state index is 5.53. The highest BCUT2D eigenvalue weighted by Gasteiger charge is 2.37. The average molecular weight is 699 g/mol. The Labute approximate surface area is 308 Å². The minimum absolute atomic E-state index is 0.201. The van der Waals surface area contributed by atoms with Gasteiger partial charge in [-0.05, 0) is 113 Å². The zero-order valence-corrected chi connectivity index (χ0v) is 30.6. The number of thiophene rings is 1. The van der Waals surface area contributed by atoms with E-state index in [1.54, 1.807) is 7.11 Å². The van der Waals surface area contributed by atoms with Crippen LogP contribution in [0.25, 0.3) is 22.3 Å². The van der Waals surface area contributed by atoms with Crippen LogP contribution in [0.2, 0.25) is 0 Å². The number of anilines is 6. The lowest BCUT2D eigenvalue weighted by Gasteiger charge is -2.29. The molecular weight excluding hydrogens is 661 g/mol. The van der Waals surface area contributed by atoms with Gasteiger partial charge in [-0.1, -0.05) is 86.6 Å². The van der Waals surface area contributed by atoms with Crippen molar-refractivity contribution in [1.82, 2.24) is 0 Å². The van der Waals surface area contributed by atoms with Crippen molar-refractivity contribution >= 4 is 57.2 Å². The highest BCUT2D eigenvalue weighted by molar-refractivity contribution is 8.00. The van der Waals surface area contributed by atoms with Gasteiger partial charge < -0.3 is 14.5 Å². The van der Waals surface area contributed by atoms with E-state index in [0.717, 1.165) is 35.0 Å². The molecule has 9 rings (SSSR count). The molecule has 0 radical (unpaired) electrons. The first-order valence-corrected chi connectivity index (χ1v) is 19.3. The first-order chi connectivity index (χ1) is 25.0. The van der Waals surface area contributed by atoms with Crippen molar-refractivity contribution in [2.45, 2.75) is 30.6 Å². The number of ether oxygens (including phenoxy) is 1. The summed E-state index contributed by atoms with van der Waals surface area (Å²) in [5.74, 6) is 2.01. The summed E-state index contributed by atoms with van der Waals surface area (Å²) >= 11 is 3.89. The third-order valence-electron chi connectivity index (χ3n) is 10.4. The molecule has 0 spiro atoms. The van der Waals surface area contributed by atoms with E-state index in [4.69, 9.17) is 4.74 Å². The molecule has 0 unspecified atom stereocenters. The monoisotopic (exact) mass is 698 g/mol. The van der Waals surface area contributed by atoms with E-state index in [2.05, 4.69) is 162 Å². The first kappa shape index (κ1) is 31.7. The molecule has 250 valence electrons. The second-order valence-electron chi connectivity index (χ2n) is 13.7. The fourth-order valence-corrected chi connectivity index (χ4v) is 10.2.